The van der Waals surface area contributed by atoms with Crippen molar-refractivity contribution >= 4 is 21.6 Å². The van der Waals surface area contributed by atoms with Crippen LogP contribution in [0.4, 0.5) is 5.69 Å². The highest BCUT2D eigenvalue weighted by Gasteiger charge is 2.27. The molecule has 1 aliphatic rings. The minimum absolute atomic E-state index is 0.0748. The van der Waals surface area contributed by atoms with E-state index in [1.807, 2.05) is 13.8 Å². The maximum absolute atomic E-state index is 13.1. The van der Waals surface area contributed by atoms with Crippen LogP contribution < -0.4 is 10.1 Å². The Labute approximate surface area is 177 Å². The lowest BCUT2D eigenvalue weighted by molar-refractivity contribution is -0.115. The molecular weight excluding hydrogens is 406 g/mol. The number of carbonyl (C=O) groups is 1. The second kappa shape index (κ2) is 9.18. The number of anilines is 1. The molecule has 164 valence electrons. The summed E-state index contributed by atoms with van der Waals surface area (Å²) in [5.41, 5.74) is 1.71. The fourth-order valence-corrected chi connectivity index (χ4v) is 5.03. The Morgan fingerprint density at radius 2 is 1.93 bits per heavy atom. The van der Waals surface area contributed by atoms with Crippen LogP contribution in [-0.4, -0.2) is 43.0 Å². The largest absolute Gasteiger partial charge is 0.489 e. The van der Waals surface area contributed by atoms with E-state index in [1.165, 1.54) is 16.4 Å². The van der Waals surface area contributed by atoms with Crippen molar-refractivity contribution in [1.29, 1.82) is 0 Å². The van der Waals surface area contributed by atoms with Gasteiger partial charge in [-0.05, 0) is 58.7 Å². The molecule has 1 aromatic heterocycles. The van der Waals surface area contributed by atoms with Gasteiger partial charge in [0.2, 0.25) is 15.9 Å². The van der Waals surface area contributed by atoms with Crippen LogP contribution in [0.2, 0.25) is 0 Å². The molecule has 2 aromatic rings. The summed E-state index contributed by atoms with van der Waals surface area (Å²) >= 11 is 0. The number of benzene rings is 1. The van der Waals surface area contributed by atoms with Gasteiger partial charge in [0.1, 0.15) is 11.5 Å². The number of aromatic nitrogens is 1. The topological polar surface area (TPSA) is 102 Å². The van der Waals surface area contributed by atoms with Crippen LogP contribution >= 0.6 is 0 Å². The van der Waals surface area contributed by atoms with Gasteiger partial charge in [0.25, 0.3) is 0 Å². The van der Waals surface area contributed by atoms with E-state index >= 15 is 0 Å². The highest BCUT2D eigenvalue weighted by Crippen LogP contribution is 2.31. The minimum atomic E-state index is -3.63. The van der Waals surface area contributed by atoms with Crippen molar-refractivity contribution in [2.45, 2.75) is 64.4 Å². The molecule has 1 amide bonds. The first-order valence-electron chi connectivity index (χ1n) is 10.2. The van der Waals surface area contributed by atoms with E-state index in [9.17, 15) is 13.2 Å². The minimum Gasteiger partial charge on any atom is -0.489 e. The SMILES string of the molecule is Cc1noc(C)c1CC(=O)Nc1cc(S(=O)(=O)N2CCCCC2)ccc1OC(C)C. The van der Waals surface area contributed by atoms with Crippen LogP contribution in [-0.2, 0) is 21.2 Å². The average molecular weight is 436 g/mol. The van der Waals surface area contributed by atoms with Gasteiger partial charge in [-0.2, -0.15) is 4.31 Å². The Morgan fingerprint density at radius 3 is 2.53 bits per heavy atom. The maximum Gasteiger partial charge on any atom is 0.243 e. The first-order chi connectivity index (χ1) is 14.2. The fourth-order valence-electron chi connectivity index (χ4n) is 3.49. The molecule has 0 radical (unpaired) electrons. The second-order valence-corrected chi connectivity index (χ2v) is 9.75. The van der Waals surface area contributed by atoms with Crippen molar-refractivity contribution in [3.63, 3.8) is 0 Å². The quantitative estimate of drug-likeness (QED) is 0.715. The summed E-state index contributed by atoms with van der Waals surface area (Å²) < 4.78 is 38.5. The highest BCUT2D eigenvalue weighted by molar-refractivity contribution is 7.89. The molecule has 1 saturated heterocycles. The van der Waals surface area contributed by atoms with Gasteiger partial charge in [-0.3, -0.25) is 4.79 Å². The predicted octanol–water partition coefficient (Wildman–Crippen LogP) is 3.43. The lowest BCUT2D eigenvalue weighted by Crippen LogP contribution is -2.35. The van der Waals surface area contributed by atoms with E-state index in [2.05, 4.69) is 10.5 Å². The summed E-state index contributed by atoms with van der Waals surface area (Å²) in [6, 6.07) is 4.61. The molecule has 1 aliphatic heterocycles. The van der Waals surface area contributed by atoms with Crippen molar-refractivity contribution in [1.82, 2.24) is 9.46 Å². The van der Waals surface area contributed by atoms with Gasteiger partial charge in [0, 0.05) is 18.7 Å². The molecule has 0 atom stereocenters. The number of sulfonamides is 1. The van der Waals surface area contributed by atoms with Crippen LogP contribution in [0.1, 0.15) is 50.1 Å². The summed E-state index contributed by atoms with van der Waals surface area (Å²) in [6.07, 6.45) is 2.69. The third-order valence-corrected chi connectivity index (χ3v) is 6.95. The second-order valence-electron chi connectivity index (χ2n) is 7.82. The lowest BCUT2D eigenvalue weighted by atomic mass is 10.1. The van der Waals surface area contributed by atoms with Crippen LogP contribution in [0.25, 0.3) is 0 Å². The summed E-state index contributed by atoms with van der Waals surface area (Å²) in [4.78, 5) is 12.8. The van der Waals surface area contributed by atoms with Crippen LogP contribution in [0.3, 0.4) is 0 Å². The zero-order valence-corrected chi connectivity index (χ0v) is 18.7. The Balaban J connectivity index is 1.88. The fraction of sp³-hybridized carbons (Fsp3) is 0.524. The Kier molecular flexibility index (Phi) is 6.82. The smallest absolute Gasteiger partial charge is 0.243 e. The number of rotatable bonds is 7. The summed E-state index contributed by atoms with van der Waals surface area (Å²) in [7, 11) is -3.63. The molecule has 0 saturated carbocycles. The summed E-state index contributed by atoms with van der Waals surface area (Å²) in [5.74, 6) is 0.711. The normalized spacial score (nSPS) is 15.4. The maximum atomic E-state index is 13.1. The van der Waals surface area contributed by atoms with Crippen molar-refractivity contribution in [3.05, 3.63) is 35.2 Å². The molecular formula is C21H29N3O5S. The molecule has 1 fully saturated rings. The third kappa shape index (κ3) is 5.02. The molecule has 30 heavy (non-hydrogen) atoms. The van der Waals surface area contributed by atoms with Crippen LogP contribution in [0.5, 0.6) is 5.75 Å². The van der Waals surface area contributed by atoms with Gasteiger partial charge in [-0.1, -0.05) is 11.6 Å². The average Bonchev–Trinajstić information content (AvgIpc) is 3.01. The van der Waals surface area contributed by atoms with Crippen molar-refractivity contribution < 1.29 is 22.5 Å². The molecule has 1 aromatic carbocycles. The molecule has 8 nitrogen and oxygen atoms in total. The van der Waals surface area contributed by atoms with Gasteiger partial charge in [0.05, 0.1) is 28.8 Å². The van der Waals surface area contributed by atoms with Crippen molar-refractivity contribution in [3.8, 4) is 5.75 Å². The van der Waals surface area contributed by atoms with E-state index < -0.39 is 10.0 Å². The third-order valence-electron chi connectivity index (χ3n) is 5.06. The molecule has 2 heterocycles. The van der Waals surface area contributed by atoms with Crippen molar-refractivity contribution in [2.75, 3.05) is 18.4 Å². The first kappa shape index (κ1) is 22.3. The van der Waals surface area contributed by atoms with E-state index in [0.717, 1.165) is 24.8 Å². The van der Waals surface area contributed by atoms with E-state index in [0.29, 0.717) is 36.0 Å². The molecule has 0 unspecified atom stereocenters. The first-order valence-corrected chi connectivity index (χ1v) is 11.6. The number of hydrogen-bond donors (Lipinski definition) is 1. The molecule has 1 N–H and O–H groups in total. The van der Waals surface area contributed by atoms with Crippen molar-refractivity contribution in [2.24, 2.45) is 0 Å². The number of nitrogens with one attached hydrogen (secondary N) is 1. The number of piperidine rings is 1. The summed E-state index contributed by atoms with van der Waals surface area (Å²) in [6.45, 7) is 8.29. The van der Waals surface area contributed by atoms with E-state index in [4.69, 9.17) is 9.26 Å². The molecule has 0 bridgehead atoms. The number of carbonyl (C=O) groups excluding carboxylic acids is 1. The van der Waals surface area contributed by atoms with Gasteiger partial charge in [0.15, 0.2) is 0 Å². The number of hydrogen-bond acceptors (Lipinski definition) is 6. The number of nitrogens with zero attached hydrogens (tertiary/aromatic N) is 2. The molecule has 3 rings (SSSR count). The molecule has 0 aliphatic carbocycles. The molecule has 0 spiro atoms. The van der Waals surface area contributed by atoms with Gasteiger partial charge in [-0.25, -0.2) is 8.42 Å². The Morgan fingerprint density at radius 1 is 1.23 bits per heavy atom. The van der Waals surface area contributed by atoms with Crippen LogP contribution in [0.15, 0.2) is 27.6 Å². The van der Waals surface area contributed by atoms with E-state index in [1.54, 1.807) is 19.9 Å². The monoisotopic (exact) mass is 435 g/mol. The van der Waals surface area contributed by atoms with Gasteiger partial charge < -0.3 is 14.6 Å². The Bertz CT molecular complexity index is 988. The van der Waals surface area contributed by atoms with Gasteiger partial charge >= 0.3 is 0 Å². The number of aryl methyl sites for hydroxylation is 2. The summed E-state index contributed by atoms with van der Waals surface area (Å²) in [5, 5.41) is 6.67. The predicted molar refractivity (Wildman–Crippen MR) is 113 cm³/mol. The number of amides is 1. The van der Waals surface area contributed by atoms with Gasteiger partial charge in [-0.15, -0.1) is 0 Å². The standard InChI is InChI=1S/C21H29N3O5S/c1-14(2)28-20-9-8-17(30(26,27)24-10-6-5-7-11-24)12-19(20)22-21(25)13-18-15(3)23-29-16(18)4/h8-9,12,14H,5-7,10-11,13H2,1-4H3,(H,22,25). The zero-order valence-electron chi connectivity index (χ0n) is 17.9. The number of ether oxygens (including phenoxy) is 1. The zero-order chi connectivity index (χ0) is 21.9. The van der Waals surface area contributed by atoms with E-state index in [-0.39, 0.29) is 23.3 Å². The lowest BCUT2D eigenvalue weighted by Gasteiger charge is -2.26. The Hall–Kier alpha value is -2.39. The van der Waals surface area contributed by atoms with Crippen LogP contribution in [0, 0.1) is 13.8 Å². The highest BCUT2D eigenvalue weighted by atomic mass is 32.2. The molecule has 9 heteroatoms.